The highest BCUT2D eigenvalue weighted by Crippen LogP contribution is 2.29. The number of hydrogen-bond acceptors (Lipinski definition) is 3. The normalized spacial score (nSPS) is 12.7. The van der Waals surface area contributed by atoms with Crippen LogP contribution in [-0.2, 0) is 0 Å². The standard InChI is InChI=1S/C11H9BrClIN2O/c1-2-7(12)11-16-15-10(17-11)6-3-4-9(14)8(13)5-6/h3-5,7H,2H2,1H3. The molecule has 0 fully saturated rings. The third-order valence-corrected chi connectivity index (χ3v) is 4.84. The lowest BCUT2D eigenvalue weighted by atomic mass is 10.2. The zero-order valence-electron chi connectivity index (χ0n) is 8.95. The van der Waals surface area contributed by atoms with E-state index in [1.54, 1.807) is 0 Å². The van der Waals surface area contributed by atoms with Crippen molar-refractivity contribution in [3.8, 4) is 11.5 Å². The SMILES string of the molecule is CCC(Br)c1nnc(-c2ccc(I)c(Cl)c2)o1. The molecule has 0 aliphatic rings. The molecule has 2 rings (SSSR count). The van der Waals surface area contributed by atoms with Crippen molar-refractivity contribution in [1.29, 1.82) is 0 Å². The van der Waals surface area contributed by atoms with Crippen molar-refractivity contribution in [2.75, 3.05) is 0 Å². The number of alkyl halides is 1. The average molecular weight is 427 g/mol. The van der Waals surface area contributed by atoms with Gasteiger partial charge in [-0.05, 0) is 47.2 Å². The Bertz CT molecular complexity index is 532. The molecule has 0 spiro atoms. The molecule has 0 amide bonds. The van der Waals surface area contributed by atoms with Gasteiger partial charge in [0.05, 0.1) is 9.85 Å². The molecule has 0 N–H and O–H groups in total. The maximum Gasteiger partial charge on any atom is 0.247 e. The Labute approximate surface area is 126 Å². The second kappa shape index (κ2) is 5.67. The predicted octanol–water partition coefficient (Wildman–Crippen LogP) is 4.84. The molecular formula is C11H9BrClIN2O. The lowest BCUT2D eigenvalue weighted by Crippen LogP contribution is -1.86. The fourth-order valence-electron chi connectivity index (χ4n) is 1.28. The highest BCUT2D eigenvalue weighted by molar-refractivity contribution is 14.1. The van der Waals surface area contributed by atoms with Gasteiger partial charge < -0.3 is 4.42 Å². The Kier molecular flexibility index (Phi) is 4.43. The molecule has 3 nitrogen and oxygen atoms in total. The van der Waals surface area contributed by atoms with Gasteiger partial charge in [-0.3, -0.25) is 0 Å². The molecule has 90 valence electrons. The van der Waals surface area contributed by atoms with Gasteiger partial charge in [-0.2, -0.15) is 0 Å². The minimum Gasteiger partial charge on any atom is -0.419 e. The Morgan fingerprint density at radius 1 is 1.47 bits per heavy atom. The number of rotatable bonds is 3. The van der Waals surface area contributed by atoms with Crippen LogP contribution in [-0.4, -0.2) is 10.2 Å². The second-order valence-corrected chi connectivity index (χ2v) is 6.12. The first-order valence-corrected chi connectivity index (χ1v) is 7.42. The van der Waals surface area contributed by atoms with Crippen LogP contribution in [0.1, 0.15) is 24.1 Å². The van der Waals surface area contributed by atoms with Crippen LogP contribution >= 0.6 is 50.1 Å². The van der Waals surface area contributed by atoms with E-state index in [-0.39, 0.29) is 4.83 Å². The lowest BCUT2D eigenvalue weighted by Gasteiger charge is -1.99. The van der Waals surface area contributed by atoms with Crippen LogP contribution < -0.4 is 0 Å². The van der Waals surface area contributed by atoms with Crippen LogP contribution in [0.25, 0.3) is 11.5 Å². The van der Waals surface area contributed by atoms with Gasteiger partial charge in [0.25, 0.3) is 0 Å². The summed E-state index contributed by atoms with van der Waals surface area (Å²) in [6.07, 6.45) is 0.898. The molecule has 0 saturated heterocycles. The van der Waals surface area contributed by atoms with Gasteiger partial charge in [0, 0.05) is 9.13 Å². The number of hydrogen-bond donors (Lipinski definition) is 0. The maximum atomic E-state index is 6.05. The van der Waals surface area contributed by atoms with Crippen molar-refractivity contribution in [1.82, 2.24) is 10.2 Å². The molecule has 1 aromatic heterocycles. The Balaban J connectivity index is 2.33. The average Bonchev–Trinajstić information content (AvgIpc) is 2.81. The molecule has 0 bridgehead atoms. The molecule has 1 atom stereocenters. The molecule has 2 aromatic rings. The molecule has 1 unspecified atom stereocenters. The molecule has 1 heterocycles. The molecule has 0 aliphatic carbocycles. The van der Waals surface area contributed by atoms with E-state index < -0.39 is 0 Å². The van der Waals surface area contributed by atoms with Gasteiger partial charge in [0.1, 0.15) is 0 Å². The first-order valence-electron chi connectivity index (χ1n) is 5.04. The largest absolute Gasteiger partial charge is 0.419 e. The first kappa shape index (κ1) is 13.3. The molecule has 0 radical (unpaired) electrons. The summed E-state index contributed by atoms with van der Waals surface area (Å²) in [6.45, 7) is 2.05. The van der Waals surface area contributed by atoms with Gasteiger partial charge in [-0.15, -0.1) is 10.2 Å². The minimum atomic E-state index is 0.100. The van der Waals surface area contributed by atoms with Crippen LogP contribution in [0.15, 0.2) is 22.6 Å². The van der Waals surface area contributed by atoms with E-state index >= 15 is 0 Å². The van der Waals surface area contributed by atoms with Crippen LogP contribution in [0.3, 0.4) is 0 Å². The zero-order valence-corrected chi connectivity index (χ0v) is 13.5. The van der Waals surface area contributed by atoms with Crippen molar-refractivity contribution >= 4 is 50.1 Å². The third-order valence-electron chi connectivity index (χ3n) is 2.23. The number of halogens is 3. The van der Waals surface area contributed by atoms with Crippen molar-refractivity contribution in [3.05, 3.63) is 32.7 Å². The fourth-order valence-corrected chi connectivity index (χ4v) is 1.98. The van der Waals surface area contributed by atoms with Crippen LogP contribution in [0.2, 0.25) is 5.02 Å². The Morgan fingerprint density at radius 2 is 2.24 bits per heavy atom. The molecule has 0 saturated carbocycles. The van der Waals surface area contributed by atoms with E-state index in [2.05, 4.69) is 48.7 Å². The van der Waals surface area contributed by atoms with Crippen LogP contribution in [0.5, 0.6) is 0 Å². The maximum absolute atomic E-state index is 6.05. The van der Waals surface area contributed by atoms with Crippen molar-refractivity contribution < 1.29 is 4.42 Å². The van der Waals surface area contributed by atoms with Crippen molar-refractivity contribution in [3.63, 3.8) is 0 Å². The van der Waals surface area contributed by atoms with E-state index in [1.807, 2.05) is 25.1 Å². The van der Waals surface area contributed by atoms with Gasteiger partial charge in [-0.25, -0.2) is 0 Å². The summed E-state index contributed by atoms with van der Waals surface area (Å²) in [5.41, 5.74) is 0.838. The summed E-state index contributed by atoms with van der Waals surface area (Å²) < 4.78 is 6.59. The molecule has 1 aromatic carbocycles. The highest BCUT2D eigenvalue weighted by atomic mass is 127. The number of aromatic nitrogens is 2. The topological polar surface area (TPSA) is 38.9 Å². The molecule has 0 aliphatic heterocycles. The van der Waals surface area contributed by atoms with Gasteiger partial charge in [0.2, 0.25) is 11.8 Å². The Morgan fingerprint density at radius 3 is 2.88 bits per heavy atom. The smallest absolute Gasteiger partial charge is 0.247 e. The molecule has 17 heavy (non-hydrogen) atoms. The predicted molar refractivity (Wildman–Crippen MR) is 79.4 cm³/mol. The van der Waals surface area contributed by atoms with E-state index in [4.69, 9.17) is 16.0 Å². The van der Waals surface area contributed by atoms with E-state index in [0.29, 0.717) is 16.8 Å². The quantitative estimate of drug-likeness (QED) is 0.520. The van der Waals surface area contributed by atoms with Crippen molar-refractivity contribution in [2.24, 2.45) is 0 Å². The fraction of sp³-hybridized carbons (Fsp3) is 0.273. The minimum absolute atomic E-state index is 0.100. The highest BCUT2D eigenvalue weighted by Gasteiger charge is 2.15. The zero-order chi connectivity index (χ0) is 12.4. The summed E-state index contributed by atoms with van der Waals surface area (Å²) in [4.78, 5) is 0.100. The monoisotopic (exact) mass is 426 g/mol. The number of nitrogens with zero attached hydrogens (tertiary/aromatic N) is 2. The third kappa shape index (κ3) is 3.00. The van der Waals surface area contributed by atoms with Gasteiger partial charge >= 0.3 is 0 Å². The van der Waals surface area contributed by atoms with Crippen LogP contribution in [0.4, 0.5) is 0 Å². The summed E-state index contributed by atoms with van der Waals surface area (Å²) in [6, 6.07) is 5.67. The molecular weight excluding hydrogens is 418 g/mol. The summed E-state index contributed by atoms with van der Waals surface area (Å²) in [5.74, 6) is 1.09. The number of benzene rings is 1. The lowest BCUT2D eigenvalue weighted by molar-refractivity contribution is 0.500. The van der Waals surface area contributed by atoms with E-state index in [0.717, 1.165) is 15.6 Å². The van der Waals surface area contributed by atoms with E-state index in [1.165, 1.54) is 0 Å². The summed E-state index contributed by atoms with van der Waals surface area (Å²) in [7, 11) is 0. The summed E-state index contributed by atoms with van der Waals surface area (Å²) >= 11 is 11.7. The van der Waals surface area contributed by atoms with Crippen LogP contribution in [0, 0.1) is 3.57 Å². The van der Waals surface area contributed by atoms with Gasteiger partial charge in [0.15, 0.2) is 0 Å². The van der Waals surface area contributed by atoms with Gasteiger partial charge in [-0.1, -0.05) is 34.5 Å². The molecule has 6 heteroatoms. The Hall–Kier alpha value is -0.140. The van der Waals surface area contributed by atoms with E-state index in [9.17, 15) is 0 Å². The second-order valence-electron chi connectivity index (χ2n) is 3.45. The first-order chi connectivity index (χ1) is 8.11. The van der Waals surface area contributed by atoms with Crippen molar-refractivity contribution in [2.45, 2.75) is 18.2 Å². The summed E-state index contributed by atoms with van der Waals surface area (Å²) in [5, 5.41) is 8.71.